The molecule has 6 heteroatoms. The molecular formula is C4H10ClF3N2. The Bertz CT molecular complexity index is 85.1. The molecule has 0 radical (unpaired) electrons. The predicted octanol–water partition coefficient (Wildman–Crippen LogP) is 0.647. The second-order valence-corrected chi connectivity index (χ2v) is 1.73. The molecule has 0 aliphatic carbocycles. The molecule has 0 saturated heterocycles. The minimum atomic E-state index is -4.29. The lowest BCUT2D eigenvalue weighted by molar-refractivity contribution is -0.148. The fourth-order valence-corrected chi connectivity index (χ4v) is 0.343. The largest absolute Gasteiger partial charge is 0.403 e. The maximum atomic E-state index is 11.5. The van der Waals surface area contributed by atoms with Crippen LogP contribution in [0.5, 0.6) is 0 Å². The van der Waals surface area contributed by atoms with Gasteiger partial charge in [0, 0.05) is 0 Å². The molecule has 0 aliphatic rings. The van der Waals surface area contributed by atoms with Crippen molar-refractivity contribution in [1.29, 1.82) is 0 Å². The van der Waals surface area contributed by atoms with Gasteiger partial charge in [0.05, 0.1) is 0 Å². The first kappa shape index (κ1) is 12.7. The summed E-state index contributed by atoms with van der Waals surface area (Å²) >= 11 is 0. The molecule has 0 bridgehead atoms. The van der Waals surface area contributed by atoms with E-state index >= 15 is 0 Å². The maximum absolute atomic E-state index is 11.5. The molecule has 0 aromatic heterocycles. The number of alkyl halides is 3. The molecule has 64 valence electrons. The molecule has 0 saturated carbocycles. The summed E-state index contributed by atoms with van der Waals surface area (Å²) < 4.78 is 34.4. The molecule has 0 aromatic carbocycles. The van der Waals surface area contributed by atoms with E-state index in [4.69, 9.17) is 5.73 Å². The molecule has 2 nitrogen and oxygen atoms in total. The monoisotopic (exact) mass is 178 g/mol. The summed E-state index contributed by atoms with van der Waals surface area (Å²) in [5.74, 6) is 0. The van der Waals surface area contributed by atoms with Gasteiger partial charge in [0.15, 0.2) is 0 Å². The van der Waals surface area contributed by atoms with Crippen LogP contribution in [0.1, 0.15) is 6.42 Å². The Labute approximate surface area is 63.2 Å². The molecule has 0 aliphatic heterocycles. The van der Waals surface area contributed by atoms with Gasteiger partial charge in [-0.2, -0.15) is 13.2 Å². The first-order valence-corrected chi connectivity index (χ1v) is 2.51. The van der Waals surface area contributed by atoms with Crippen molar-refractivity contribution < 1.29 is 13.2 Å². The average molecular weight is 179 g/mol. The highest BCUT2D eigenvalue weighted by Gasteiger charge is 2.35. The van der Waals surface area contributed by atoms with E-state index in [1.54, 1.807) is 0 Å². The zero-order valence-electron chi connectivity index (χ0n) is 5.19. The van der Waals surface area contributed by atoms with Gasteiger partial charge in [0.2, 0.25) is 0 Å². The van der Waals surface area contributed by atoms with E-state index in [1.165, 1.54) is 0 Å². The summed E-state index contributed by atoms with van der Waals surface area (Å²) in [7, 11) is 0. The molecule has 0 fully saturated rings. The topological polar surface area (TPSA) is 52.0 Å². The van der Waals surface area contributed by atoms with Gasteiger partial charge in [-0.25, -0.2) is 0 Å². The van der Waals surface area contributed by atoms with Gasteiger partial charge in [-0.05, 0) is 13.0 Å². The first-order valence-electron chi connectivity index (χ1n) is 2.51. The lowest BCUT2D eigenvalue weighted by atomic mass is 10.2. The molecule has 0 spiro atoms. The maximum Gasteiger partial charge on any atom is 0.403 e. The van der Waals surface area contributed by atoms with Crippen LogP contribution >= 0.6 is 12.4 Å². The van der Waals surface area contributed by atoms with Gasteiger partial charge in [0.1, 0.15) is 6.04 Å². The third kappa shape index (κ3) is 4.84. The number of hydrogen-bond acceptors (Lipinski definition) is 2. The van der Waals surface area contributed by atoms with E-state index in [0.29, 0.717) is 0 Å². The molecule has 10 heavy (non-hydrogen) atoms. The van der Waals surface area contributed by atoms with Gasteiger partial charge in [-0.15, -0.1) is 12.4 Å². The molecule has 4 N–H and O–H groups in total. The molecule has 0 rings (SSSR count). The van der Waals surface area contributed by atoms with Crippen LogP contribution in [-0.4, -0.2) is 18.8 Å². The van der Waals surface area contributed by atoms with Crippen LogP contribution in [0.25, 0.3) is 0 Å². The van der Waals surface area contributed by atoms with Gasteiger partial charge in [0.25, 0.3) is 0 Å². The molecular weight excluding hydrogens is 169 g/mol. The van der Waals surface area contributed by atoms with Crippen LogP contribution in [0.2, 0.25) is 0 Å². The van der Waals surface area contributed by atoms with Crippen LogP contribution in [-0.2, 0) is 0 Å². The van der Waals surface area contributed by atoms with Crippen molar-refractivity contribution in [3.8, 4) is 0 Å². The van der Waals surface area contributed by atoms with Crippen LogP contribution in [0.3, 0.4) is 0 Å². The molecule has 1 atom stereocenters. The number of halogens is 4. The van der Waals surface area contributed by atoms with E-state index in [0.717, 1.165) is 0 Å². The van der Waals surface area contributed by atoms with E-state index < -0.39 is 12.2 Å². The van der Waals surface area contributed by atoms with Crippen molar-refractivity contribution in [2.45, 2.75) is 18.6 Å². The summed E-state index contributed by atoms with van der Waals surface area (Å²) in [6.07, 6.45) is -4.50. The van der Waals surface area contributed by atoms with Gasteiger partial charge >= 0.3 is 6.18 Å². The first-order chi connectivity index (χ1) is 3.98. The second-order valence-electron chi connectivity index (χ2n) is 1.73. The summed E-state index contributed by atoms with van der Waals surface area (Å²) in [6, 6.07) is -1.76. The minimum absolute atomic E-state index is 0. The Balaban J connectivity index is 0. The zero-order chi connectivity index (χ0) is 7.49. The Morgan fingerprint density at radius 3 is 1.80 bits per heavy atom. The van der Waals surface area contributed by atoms with Crippen LogP contribution < -0.4 is 11.5 Å². The lowest BCUT2D eigenvalue weighted by Gasteiger charge is -2.13. The number of nitrogens with two attached hydrogens (primary N) is 2. The van der Waals surface area contributed by atoms with Crippen LogP contribution in [0, 0.1) is 0 Å². The molecule has 0 amide bonds. The fourth-order valence-electron chi connectivity index (χ4n) is 0.343. The number of rotatable bonds is 2. The second kappa shape index (κ2) is 4.76. The average Bonchev–Trinajstić information content (AvgIpc) is 1.64. The van der Waals surface area contributed by atoms with E-state index in [2.05, 4.69) is 5.73 Å². The van der Waals surface area contributed by atoms with Crippen molar-refractivity contribution in [1.82, 2.24) is 0 Å². The van der Waals surface area contributed by atoms with Gasteiger partial charge < -0.3 is 11.5 Å². The third-order valence-electron chi connectivity index (χ3n) is 0.898. The molecule has 0 aromatic rings. The summed E-state index contributed by atoms with van der Waals surface area (Å²) in [4.78, 5) is 0. The highest BCUT2D eigenvalue weighted by Crippen LogP contribution is 2.19. The zero-order valence-corrected chi connectivity index (χ0v) is 6.00. The molecule has 0 heterocycles. The van der Waals surface area contributed by atoms with Gasteiger partial charge in [-0.3, -0.25) is 0 Å². The SMILES string of the molecule is Cl.NCC[C@H](N)C(F)(F)F. The Morgan fingerprint density at radius 1 is 1.30 bits per heavy atom. The van der Waals surface area contributed by atoms with Crippen molar-refractivity contribution in [3.63, 3.8) is 0 Å². The number of hydrogen-bond donors (Lipinski definition) is 2. The lowest BCUT2D eigenvalue weighted by Crippen LogP contribution is -2.38. The van der Waals surface area contributed by atoms with E-state index in [-0.39, 0.29) is 25.4 Å². The quantitative estimate of drug-likeness (QED) is 0.652. The van der Waals surface area contributed by atoms with Crippen LogP contribution in [0.4, 0.5) is 13.2 Å². The standard InChI is InChI=1S/C4H9F3N2.ClH/c5-4(6,7)3(9)1-2-8;/h3H,1-2,8-9H2;1H/t3-;/m0./s1. The Morgan fingerprint density at radius 2 is 1.70 bits per heavy atom. The molecule has 0 unspecified atom stereocenters. The summed E-state index contributed by atoms with van der Waals surface area (Å²) in [6.45, 7) is -0.0271. The van der Waals surface area contributed by atoms with E-state index in [9.17, 15) is 13.2 Å². The van der Waals surface area contributed by atoms with Crippen molar-refractivity contribution in [2.75, 3.05) is 6.54 Å². The van der Waals surface area contributed by atoms with Crippen molar-refractivity contribution >= 4 is 12.4 Å². The highest BCUT2D eigenvalue weighted by atomic mass is 35.5. The Kier molecular flexibility index (Phi) is 6.02. The van der Waals surface area contributed by atoms with Crippen molar-refractivity contribution in [3.05, 3.63) is 0 Å². The summed E-state index contributed by atoms with van der Waals surface area (Å²) in [5, 5.41) is 0. The van der Waals surface area contributed by atoms with Gasteiger partial charge in [-0.1, -0.05) is 0 Å². The smallest absolute Gasteiger partial charge is 0.330 e. The van der Waals surface area contributed by atoms with Crippen molar-refractivity contribution in [2.24, 2.45) is 11.5 Å². The minimum Gasteiger partial charge on any atom is -0.330 e. The van der Waals surface area contributed by atoms with Crippen LogP contribution in [0.15, 0.2) is 0 Å². The Hall–Kier alpha value is -0.0000000000000000555. The third-order valence-corrected chi connectivity index (χ3v) is 0.898. The summed E-state index contributed by atoms with van der Waals surface area (Å²) in [5.41, 5.74) is 9.50. The fraction of sp³-hybridized carbons (Fsp3) is 1.00. The van der Waals surface area contributed by atoms with E-state index in [1.807, 2.05) is 0 Å². The highest BCUT2D eigenvalue weighted by molar-refractivity contribution is 5.85. The normalized spacial score (nSPS) is 14.1. The predicted molar refractivity (Wildman–Crippen MR) is 34.9 cm³/mol.